The van der Waals surface area contributed by atoms with Gasteiger partial charge < -0.3 is 14.2 Å². The van der Waals surface area contributed by atoms with Crippen LogP contribution in [0.15, 0.2) is 46.4 Å². The molecule has 0 bridgehead atoms. The van der Waals surface area contributed by atoms with Crippen molar-refractivity contribution in [2.75, 3.05) is 26.2 Å². The van der Waals surface area contributed by atoms with Crippen LogP contribution in [0.4, 0.5) is 0 Å². The van der Waals surface area contributed by atoms with E-state index in [1.54, 1.807) is 40.7 Å². The lowest BCUT2D eigenvalue weighted by molar-refractivity contribution is -0.138. The SMILES string of the molecule is O=C(/C=C/c1ccco1)N1CCN(C(=O)C2CC2c2cccs2)CC1. The van der Waals surface area contributed by atoms with Crippen molar-refractivity contribution in [1.29, 1.82) is 0 Å². The lowest BCUT2D eigenvalue weighted by atomic mass is 10.2. The third kappa shape index (κ3) is 3.54. The number of nitrogens with zero attached hydrogens (tertiary/aromatic N) is 2. The summed E-state index contributed by atoms with van der Waals surface area (Å²) in [4.78, 5) is 29.9. The van der Waals surface area contributed by atoms with Crippen molar-refractivity contribution in [2.45, 2.75) is 12.3 Å². The summed E-state index contributed by atoms with van der Waals surface area (Å²) >= 11 is 1.73. The Labute approximate surface area is 150 Å². The molecule has 0 spiro atoms. The minimum Gasteiger partial charge on any atom is -0.465 e. The summed E-state index contributed by atoms with van der Waals surface area (Å²) in [6.45, 7) is 2.41. The van der Waals surface area contributed by atoms with Gasteiger partial charge in [0, 0.05) is 49.0 Å². The van der Waals surface area contributed by atoms with Crippen LogP contribution in [0.25, 0.3) is 6.08 Å². The zero-order valence-corrected chi connectivity index (χ0v) is 14.7. The summed E-state index contributed by atoms with van der Waals surface area (Å²) in [5.41, 5.74) is 0. The molecule has 3 heterocycles. The van der Waals surface area contributed by atoms with Gasteiger partial charge in [0.1, 0.15) is 5.76 Å². The van der Waals surface area contributed by atoms with Gasteiger partial charge in [0.05, 0.1) is 6.26 Å². The van der Waals surface area contributed by atoms with Gasteiger partial charge in [-0.1, -0.05) is 6.07 Å². The average molecular weight is 356 g/mol. The van der Waals surface area contributed by atoms with Gasteiger partial charge in [-0.15, -0.1) is 11.3 Å². The highest BCUT2D eigenvalue weighted by Gasteiger charge is 2.46. The Morgan fingerprint density at radius 3 is 2.60 bits per heavy atom. The number of carbonyl (C=O) groups excluding carboxylic acids is 2. The first kappa shape index (κ1) is 16.1. The van der Waals surface area contributed by atoms with Crippen molar-refractivity contribution >= 4 is 29.2 Å². The van der Waals surface area contributed by atoms with Crippen LogP contribution in [0, 0.1) is 5.92 Å². The minimum absolute atomic E-state index is 0.0358. The van der Waals surface area contributed by atoms with Crippen molar-refractivity contribution in [2.24, 2.45) is 5.92 Å². The lowest BCUT2D eigenvalue weighted by Gasteiger charge is -2.34. The van der Waals surface area contributed by atoms with Crippen molar-refractivity contribution in [3.63, 3.8) is 0 Å². The number of furan rings is 1. The number of piperazine rings is 1. The van der Waals surface area contributed by atoms with Gasteiger partial charge in [-0.3, -0.25) is 9.59 Å². The maximum absolute atomic E-state index is 12.6. The molecule has 130 valence electrons. The Morgan fingerprint density at radius 2 is 1.92 bits per heavy atom. The van der Waals surface area contributed by atoms with E-state index in [-0.39, 0.29) is 17.7 Å². The van der Waals surface area contributed by atoms with Gasteiger partial charge in [0.25, 0.3) is 0 Å². The van der Waals surface area contributed by atoms with Crippen LogP contribution in [0.2, 0.25) is 0 Å². The first-order valence-electron chi connectivity index (χ1n) is 8.55. The fourth-order valence-corrected chi connectivity index (χ4v) is 4.22. The highest BCUT2D eigenvalue weighted by molar-refractivity contribution is 7.10. The Kier molecular flexibility index (Phi) is 4.44. The second-order valence-electron chi connectivity index (χ2n) is 6.46. The summed E-state index contributed by atoms with van der Waals surface area (Å²) in [7, 11) is 0. The standard InChI is InChI=1S/C19H20N2O3S/c22-18(6-5-14-3-1-11-24-14)20-7-9-21(10-8-20)19(23)16-13-15(16)17-4-2-12-25-17/h1-6,11-12,15-16H,7-10,13H2/b6-5+. The number of thiophene rings is 1. The molecule has 2 aromatic heterocycles. The molecule has 2 aliphatic rings. The predicted molar refractivity (Wildman–Crippen MR) is 96.1 cm³/mol. The topological polar surface area (TPSA) is 53.8 Å². The molecule has 2 fully saturated rings. The maximum Gasteiger partial charge on any atom is 0.246 e. The predicted octanol–water partition coefficient (Wildman–Crippen LogP) is 2.83. The van der Waals surface area contributed by atoms with Crippen molar-refractivity contribution < 1.29 is 14.0 Å². The molecule has 2 aromatic rings. The third-order valence-electron chi connectivity index (χ3n) is 4.85. The molecule has 2 atom stereocenters. The molecular weight excluding hydrogens is 336 g/mol. The lowest BCUT2D eigenvalue weighted by Crippen LogP contribution is -2.50. The Hall–Kier alpha value is -2.34. The average Bonchev–Trinajstić information content (AvgIpc) is 3.06. The first-order chi connectivity index (χ1) is 12.2. The van der Waals surface area contributed by atoms with E-state index in [9.17, 15) is 9.59 Å². The summed E-state index contributed by atoms with van der Waals surface area (Å²) in [5.74, 6) is 1.42. The second-order valence-corrected chi connectivity index (χ2v) is 7.44. The van der Waals surface area contributed by atoms with Crippen LogP contribution in [-0.2, 0) is 9.59 Å². The quantitative estimate of drug-likeness (QED) is 0.792. The molecule has 1 aliphatic heterocycles. The molecule has 25 heavy (non-hydrogen) atoms. The van der Waals surface area contributed by atoms with Crippen molar-refractivity contribution in [1.82, 2.24) is 9.80 Å². The monoisotopic (exact) mass is 356 g/mol. The molecular formula is C19H20N2O3S. The zero-order chi connectivity index (χ0) is 17.2. The van der Waals surface area contributed by atoms with Gasteiger partial charge >= 0.3 is 0 Å². The van der Waals surface area contributed by atoms with E-state index in [2.05, 4.69) is 11.4 Å². The highest BCUT2D eigenvalue weighted by Crippen LogP contribution is 2.50. The van der Waals surface area contributed by atoms with E-state index in [1.807, 2.05) is 11.0 Å². The molecule has 5 nitrogen and oxygen atoms in total. The minimum atomic E-state index is -0.0358. The van der Waals surface area contributed by atoms with Crippen LogP contribution in [0.3, 0.4) is 0 Å². The van der Waals surface area contributed by atoms with Gasteiger partial charge in [-0.2, -0.15) is 0 Å². The second kappa shape index (κ2) is 6.88. The molecule has 0 aromatic carbocycles. The van der Waals surface area contributed by atoms with E-state index in [0.717, 1.165) is 6.42 Å². The van der Waals surface area contributed by atoms with Gasteiger partial charge in [-0.05, 0) is 36.1 Å². The van der Waals surface area contributed by atoms with E-state index >= 15 is 0 Å². The molecule has 0 radical (unpaired) electrons. The molecule has 1 aliphatic carbocycles. The number of hydrogen-bond donors (Lipinski definition) is 0. The summed E-state index contributed by atoms with van der Waals surface area (Å²) in [6, 6.07) is 7.75. The van der Waals surface area contributed by atoms with Gasteiger partial charge in [-0.25, -0.2) is 0 Å². The first-order valence-corrected chi connectivity index (χ1v) is 9.43. The Bertz CT molecular complexity index is 759. The number of rotatable bonds is 4. The van der Waals surface area contributed by atoms with E-state index in [0.29, 0.717) is 37.9 Å². The Morgan fingerprint density at radius 1 is 1.12 bits per heavy atom. The smallest absolute Gasteiger partial charge is 0.246 e. The van der Waals surface area contributed by atoms with Crippen LogP contribution in [-0.4, -0.2) is 47.8 Å². The highest BCUT2D eigenvalue weighted by atomic mass is 32.1. The maximum atomic E-state index is 12.6. The molecule has 2 unspecified atom stereocenters. The normalized spacial score (nSPS) is 23.2. The third-order valence-corrected chi connectivity index (χ3v) is 5.86. The van der Waals surface area contributed by atoms with Crippen LogP contribution >= 0.6 is 11.3 Å². The summed E-state index contributed by atoms with van der Waals surface area (Å²) in [5, 5.41) is 2.07. The largest absolute Gasteiger partial charge is 0.465 e. The molecule has 4 rings (SSSR count). The molecule has 1 saturated carbocycles. The number of hydrogen-bond acceptors (Lipinski definition) is 4. The van der Waals surface area contributed by atoms with Crippen LogP contribution < -0.4 is 0 Å². The van der Waals surface area contributed by atoms with Crippen LogP contribution in [0.5, 0.6) is 0 Å². The fraction of sp³-hybridized carbons (Fsp3) is 0.368. The zero-order valence-electron chi connectivity index (χ0n) is 13.8. The number of amides is 2. The Balaban J connectivity index is 1.27. The summed E-state index contributed by atoms with van der Waals surface area (Å²) < 4.78 is 5.18. The van der Waals surface area contributed by atoms with Crippen LogP contribution in [0.1, 0.15) is 23.0 Å². The van der Waals surface area contributed by atoms with Crippen molar-refractivity contribution in [3.05, 3.63) is 52.6 Å². The number of carbonyl (C=O) groups is 2. The van der Waals surface area contributed by atoms with E-state index < -0.39 is 0 Å². The van der Waals surface area contributed by atoms with E-state index in [1.165, 1.54) is 11.0 Å². The molecule has 0 N–H and O–H groups in total. The fourth-order valence-electron chi connectivity index (χ4n) is 3.31. The summed E-state index contributed by atoms with van der Waals surface area (Å²) in [6.07, 6.45) is 5.75. The van der Waals surface area contributed by atoms with Gasteiger partial charge in [0.2, 0.25) is 11.8 Å². The molecule has 1 saturated heterocycles. The van der Waals surface area contributed by atoms with Gasteiger partial charge in [0.15, 0.2) is 0 Å². The molecule has 2 amide bonds. The van der Waals surface area contributed by atoms with E-state index in [4.69, 9.17) is 4.42 Å². The molecule has 6 heteroatoms. The van der Waals surface area contributed by atoms with Crippen molar-refractivity contribution in [3.8, 4) is 0 Å².